The Morgan fingerprint density at radius 2 is 2.06 bits per heavy atom. The molecule has 0 saturated carbocycles. The van der Waals surface area contributed by atoms with Crippen molar-refractivity contribution >= 4 is 17.8 Å². The lowest BCUT2D eigenvalue weighted by molar-refractivity contribution is -0.384. The Kier molecular flexibility index (Phi) is 4.98. The SMILES string of the molecule is CC(C)/C=N/NC(=O)Cc1ccc([N+](=O)[O-])cc1. The molecule has 0 spiro atoms. The van der Waals surface area contributed by atoms with Gasteiger partial charge in [0.1, 0.15) is 0 Å². The van der Waals surface area contributed by atoms with Crippen LogP contribution in [-0.2, 0) is 11.2 Å². The molecular weight excluding hydrogens is 234 g/mol. The predicted molar refractivity (Wildman–Crippen MR) is 68.3 cm³/mol. The van der Waals surface area contributed by atoms with E-state index in [2.05, 4.69) is 10.5 Å². The molecule has 0 aromatic heterocycles. The molecule has 1 rings (SSSR count). The van der Waals surface area contributed by atoms with Gasteiger partial charge in [0.05, 0.1) is 11.3 Å². The molecule has 1 aromatic carbocycles. The Morgan fingerprint density at radius 1 is 1.44 bits per heavy atom. The van der Waals surface area contributed by atoms with Gasteiger partial charge in [0.15, 0.2) is 0 Å². The molecule has 0 saturated heterocycles. The second kappa shape index (κ2) is 6.48. The van der Waals surface area contributed by atoms with Gasteiger partial charge < -0.3 is 0 Å². The molecule has 1 N–H and O–H groups in total. The Balaban J connectivity index is 2.52. The molecular formula is C12H15N3O3. The first-order valence-corrected chi connectivity index (χ1v) is 5.54. The van der Waals surface area contributed by atoms with Gasteiger partial charge in [-0.05, 0) is 11.5 Å². The molecule has 0 aliphatic rings. The summed E-state index contributed by atoms with van der Waals surface area (Å²) < 4.78 is 0. The van der Waals surface area contributed by atoms with E-state index in [0.717, 1.165) is 0 Å². The van der Waals surface area contributed by atoms with E-state index < -0.39 is 4.92 Å². The average molecular weight is 249 g/mol. The van der Waals surface area contributed by atoms with E-state index in [0.29, 0.717) is 5.56 Å². The molecule has 0 aliphatic heterocycles. The number of carbonyl (C=O) groups is 1. The maximum Gasteiger partial charge on any atom is 0.269 e. The standard InChI is InChI=1S/C12H15N3O3/c1-9(2)8-13-14-12(16)7-10-3-5-11(6-4-10)15(17)18/h3-6,8-9H,7H2,1-2H3,(H,14,16)/b13-8+. The molecule has 6 nitrogen and oxygen atoms in total. The average Bonchev–Trinajstić information content (AvgIpc) is 2.29. The quantitative estimate of drug-likeness (QED) is 0.491. The summed E-state index contributed by atoms with van der Waals surface area (Å²) in [5.41, 5.74) is 3.11. The van der Waals surface area contributed by atoms with Crippen LogP contribution in [0.1, 0.15) is 19.4 Å². The maximum absolute atomic E-state index is 11.5. The number of hydrazone groups is 1. The minimum atomic E-state index is -0.475. The van der Waals surface area contributed by atoms with Crippen LogP contribution >= 0.6 is 0 Å². The highest BCUT2D eigenvalue weighted by molar-refractivity contribution is 5.79. The fourth-order valence-electron chi connectivity index (χ4n) is 1.22. The fourth-order valence-corrected chi connectivity index (χ4v) is 1.22. The summed E-state index contributed by atoms with van der Waals surface area (Å²) in [5, 5.41) is 14.2. The fraction of sp³-hybridized carbons (Fsp3) is 0.333. The number of non-ortho nitro benzene ring substituents is 1. The Hall–Kier alpha value is -2.24. The van der Waals surface area contributed by atoms with E-state index in [4.69, 9.17) is 0 Å². The number of amides is 1. The van der Waals surface area contributed by atoms with Crippen LogP contribution in [-0.4, -0.2) is 17.0 Å². The van der Waals surface area contributed by atoms with E-state index in [9.17, 15) is 14.9 Å². The highest BCUT2D eigenvalue weighted by Crippen LogP contribution is 2.12. The van der Waals surface area contributed by atoms with E-state index in [1.165, 1.54) is 12.1 Å². The third-order valence-electron chi connectivity index (χ3n) is 2.07. The van der Waals surface area contributed by atoms with Crippen LogP contribution < -0.4 is 5.43 Å². The van der Waals surface area contributed by atoms with Gasteiger partial charge in [-0.25, -0.2) is 5.43 Å². The van der Waals surface area contributed by atoms with Gasteiger partial charge in [0, 0.05) is 18.3 Å². The zero-order valence-electron chi connectivity index (χ0n) is 10.3. The second-order valence-corrected chi connectivity index (χ2v) is 4.16. The lowest BCUT2D eigenvalue weighted by Gasteiger charge is -2.00. The molecule has 0 heterocycles. The number of nitro benzene ring substituents is 1. The molecule has 6 heteroatoms. The number of hydrogen-bond acceptors (Lipinski definition) is 4. The van der Waals surface area contributed by atoms with Crippen molar-refractivity contribution in [1.82, 2.24) is 5.43 Å². The number of nitro groups is 1. The van der Waals surface area contributed by atoms with Gasteiger partial charge in [-0.15, -0.1) is 0 Å². The van der Waals surface area contributed by atoms with E-state index in [1.54, 1.807) is 18.3 Å². The van der Waals surface area contributed by atoms with Crippen molar-refractivity contribution in [2.24, 2.45) is 11.0 Å². The molecule has 0 fully saturated rings. The Labute approximate surface area is 105 Å². The summed E-state index contributed by atoms with van der Waals surface area (Å²) in [6, 6.07) is 5.87. The van der Waals surface area contributed by atoms with Crippen LogP contribution in [0.5, 0.6) is 0 Å². The molecule has 1 amide bonds. The number of carbonyl (C=O) groups excluding carboxylic acids is 1. The third kappa shape index (κ3) is 4.73. The summed E-state index contributed by atoms with van der Waals surface area (Å²) in [6.45, 7) is 3.90. The van der Waals surface area contributed by atoms with E-state index >= 15 is 0 Å². The molecule has 1 aromatic rings. The first-order chi connectivity index (χ1) is 8.49. The molecule has 0 atom stereocenters. The van der Waals surface area contributed by atoms with Crippen molar-refractivity contribution in [3.05, 3.63) is 39.9 Å². The molecule has 96 valence electrons. The van der Waals surface area contributed by atoms with Crippen molar-refractivity contribution in [3.8, 4) is 0 Å². The lowest BCUT2D eigenvalue weighted by Crippen LogP contribution is -2.20. The molecule has 0 radical (unpaired) electrons. The highest BCUT2D eigenvalue weighted by Gasteiger charge is 2.06. The molecule has 0 bridgehead atoms. The first kappa shape index (κ1) is 13.8. The third-order valence-corrected chi connectivity index (χ3v) is 2.07. The highest BCUT2D eigenvalue weighted by atomic mass is 16.6. The van der Waals surface area contributed by atoms with Crippen LogP contribution in [0.15, 0.2) is 29.4 Å². The number of nitrogens with one attached hydrogen (secondary N) is 1. The largest absolute Gasteiger partial charge is 0.273 e. The second-order valence-electron chi connectivity index (χ2n) is 4.16. The van der Waals surface area contributed by atoms with Gasteiger partial charge >= 0.3 is 0 Å². The Morgan fingerprint density at radius 3 is 2.56 bits per heavy atom. The smallest absolute Gasteiger partial charge is 0.269 e. The van der Waals surface area contributed by atoms with E-state index in [1.807, 2.05) is 13.8 Å². The zero-order chi connectivity index (χ0) is 13.5. The van der Waals surface area contributed by atoms with Crippen molar-refractivity contribution < 1.29 is 9.72 Å². The number of rotatable bonds is 5. The minimum absolute atomic E-state index is 0.0111. The van der Waals surface area contributed by atoms with Crippen LogP contribution in [0.3, 0.4) is 0 Å². The number of benzene rings is 1. The van der Waals surface area contributed by atoms with Gasteiger partial charge in [-0.3, -0.25) is 14.9 Å². The van der Waals surface area contributed by atoms with Crippen molar-refractivity contribution in [1.29, 1.82) is 0 Å². The van der Waals surface area contributed by atoms with Crippen molar-refractivity contribution in [3.63, 3.8) is 0 Å². The summed E-state index contributed by atoms with van der Waals surface area (Å²) >= 11 is 0. The predicted octanol–water partition coefficient (Wildman–Crippen LogP) is 1.90. The summed E-state index contributed by atoms with van der Waals surface area (Å²) in [6.07, 6.45) is 1.78. The zero-order valence-corrected chi connectivity index (χ0v) is 10.3. The summed E-state index contributed by atoms with van der Waals surface area (Å²) in [7, 11) is 0. The molecule has 18 heavy (non-hydrogen) atoms. The van der Waals surface area contributed by atoms with Crippen molar-refractivity contribution in [2.45, 2.75) is 20.3 Å². The normalized spacial score (nSPS) is 10.8. The summed E-state index contributed by atoms with van der Waals surface area (Å²) in [4.78, 5) is 21.4. The van der Waals surface area contributed by atoms with Gasteiger partial charge in [0.2, 0.25) is 5.91 Å². The maximum atomic E-state index is 11.5. The summed E-state index contributed by atoms with van der Waals surface area (Å²) in [5.74, 6) is 0.0189. The van der Waals surface area contributed by atoms with Crippen molar-refractivity contribution in [2.75, 3.05) is 0 Å². The van der Waals surface area contributed by atoms with Crippen LogP contribution in [0.2, 0.25) is 0 Å². The van der Waals surface area contributed by atoms with E-state index in [-0.39, 0.29) is 23.9 Å². The van der Waals surface area contributed by atoms with Crippen LogP contribution in [0.25, 0.3) is 0 Å². The van der Waals surface area contributed by atoms with Gasteiger partial charge in [0.25, 0.3) is 5.69 Å². The monoisotopic (exact) mass is 249 g/mol. The first-order valence-electron chi connectivity index (χ1n) is 5.54. The van der Waals surface area contributed by atoms with Crippen LogP contribution in [0.4, 0.5) is 5.69 Å². The minimum Gasteiger partial charge on any atom is -0.273 e. The molecule has 0 aliphatic carbocycles. The van der Waals surface area contributed by atoms with Gasteiger partial charge in [-0.2, -0.15) is 5.10 Å². The number of hydrogen-bond donors (Lipinski definition) is 1. The Bertz CT molecular complexity index is 452. The topological polar surface area (TPSA) is 84.6 Å². The molecule has 0 unspecified atom stereocenters. The lowest BCUT2D eigenvalue weighted by atomic mass is 10.1. The van der Waals surface area contributed by atoms with Crippen LogP contribution in [0, 0.1) is 16.0 Å². The van der Waals surface area contributed by atoms with Gasteiger partial charge in [-0.1, -0.05) is 26.0 Å². The number of nitrogens with zero attached hydrogens (tertiary/aromatic N) is 2.